The van der Waals surface area contributed by atoms with Crippen LogP contribution in [-0.4, -0.2) is 24.1 Å². The first-order valence-electron chi connectivity index (χ1n) is 8.14. The van der Waals surface area contributed by atoms with Crippen molar-refractivity contribution in [3.8, 4) is 11.5 Å². The number of methoxy groups -OCH3 is 1. The smallest absolute Gasteiger partial charge is 0.220 e. The van der Waals surface area contributed by atoms with Crippen LogP contribution < -0.4 is 9.47 Å². The summed E-state index contributed by atoms with van der Waals surface area (Å²) in [6, 6.07) is 13.4. The average Bonchev–Trinajstić information content (AvgIpc) is 3.02. The molecular weight excluding hydrogens is 338 g/mol. The van der Waals surface area contributed by atoms with Gasteiger partial charge in [-0.2, -0.15) is 0 Å². The van der Waals surface area contributed by atoms with Crippen LogP contribution in [0.15, 0.2) is 46.9 Å². The summed E-state index contributed by atoms with van der Waals surface area (Å²) in [6.07, 6.45) is 4.56. The molecule has 25 heavy (non-hydrogen) atoms. The van der Waals surface area contributed by atoms with Crippen LogP contribution in [0.4, 0.5) is 0 Å². The van der Waals surface area contributed by atoms with E-state index in [2.05, 4.69) is 4.98 Å². The van der Waals surface area contributed by atoms with E-state index in [1.54, 1.807) is 7.11 Å². The number of rotatable bonds is 7. The molecule has 3 aromatic rings. The van der Waals surface area contributed by atoms with Crippen LogP contribution in [0.3, 0.4) is 0 Å². The fraction of sp³-hybridized carbons (Fsp3) is 0.250. The SMILES string of the molecule is COc1ccc2nc(/C=C/c3ccccc3OCCC(C)Cl)oc2c1. The largest absolute Gasteiger partial charge is 0.497 e. The fourth-order valence-corrected chi connectivity index (χ4v) is 2.45. The number of benzene rings is 2. The van der Waals surface area contributed by atoms with Gasteiger partial charge in [-0.15, -0.1) is 11.6 Å². The third-order valence-electron chi connectivity index (χ3n) is 3.71. The Labute approximate surface area is 152 Å². The van der Waals surface area contributed by atoms with Crippen LogP contribution in [0.2, 0.25) is 0 Å². The first-order valence-corrected chi connectivity index (χ1v) is 8.58. The van der Waals surface area contributed by atoms with E-state index in [0.29, 0.717) is 18.1 Å². The van der Waals surface area contributed by atoms with E-state index < -0.39 is 0 Å². The maximum Gasteiger partial charge on any atom is 0.220 e. The van der Waals surface area contributed by atoms with Crippen molar-refractivity contribution in [1.29, 1.82) is 0 Å². The second-order valence-electron chi connectivity index (χ2n) is 5.67. The summed E-state index contributed by atoms with van der Waals surface area (Å²) < 4.78 is 16.8. The number of ether oxygens (including phenoxy) is 2. The Bertz CT molecular complexity index is 870. The Balaban J connectivity index is 1.77. The number of hydrogen-bond donors (Lipinski definition) is 0. The molecule has 3 rings (SSSR count). The van der Waals surface area contributed by atoms with Crippen LogP contribution >= 0.6 is 11.6 Å². The van der Waals surface area contributed by atoms with Gasteiger partial charge in [0.1, 0.15) is 17.0 Å². The van der Waals surface area contributed by atoms with Gasteiger partial charge in [-0.05, 0) is 37.6 Å². The van der Waals surface area contributed by atoms with Gasteiger partial charge >= 0.3 is 0 Å². The third kappa shape index (κ3) is 4.54. The first-order chi connectivity index (χ1) is 12.2. The Morgan fingerprint density at radius 2 is 2.04 bits per heavy atom. The van der Waals surface area contributed by atoms with Gasteiger partial charge in [-0.25, -0.2) is 4.98 Å². The highest BCUT2D eigenvalue weighted by Crippen LogP contribution is 2.24. The molecule has 0 spiro atoms. The lowest BCUT2D eigenvalue weighted by Crippen LogP contribution is -2.03. The van der Waals surface area contributed by atoms with Crippen LogP contribution in [0.1, 0.15) is 24.8 Å². The van der Waals surface area contributed by atoms with Gasteiger partial charge in [0.05, 0.1) is 13.7 Å². The molecular formula is C20H20ClNO3. The van der Waals surface area contributed by atoms with Gasteiger partial charge in [-0.1, -0.05) is 18.2 Å². The Hall–Kier alpha value is -2.46. The number of aromatic nitrogens is 1. The summed E-state index contributed by atoms with van der Waals surface area (Å²) in [5.41, 5.74) is 2.45. The molecule has 0 aliphatic carbocycles. The van der Waals surface area contributed by atoms with E-state index >= 15 is 0 Å². The molecule has 0 N–H and O–H groups in total. The number of fused-ring (bicyclic) bond motifs is 1. The molecule has 2 aromatic carbocycles. The summed E-state index contributed by atoms with van der Waals surface area (Å²) in [5.74, 6) is 2.09. The zero-order valence-electron chi connectivity index (χ0n) is 14.2. The molecule has 0 radical (unpaired) electrons. The lowest BCUT2D eigenvalue weighted by molar-refractivity contribution is 0.310. The van der Waals surface area contributed by atoms with E-state index in [0.717, 1.165) is 29.0 Å². The zero-order valence-corrected chi connectivity index (χ0v) is 15.0. The van der Waals surface area contributed by atoms with Crippen molar-refractivity contribution in [1.82, 2.24) is 4.98 Å². The fourth-order valence-electron chi connectivity index (χ4n) is 2.36. The van der Waals surface area contributed by atoms with E-state index in [1.807, 2.05) is 61.5 Å². The van der Waals surface area contributed by atoms with Crippen molar-refractivity contribution < 1.29 is 13.9 Å². The van der Waals surface area contributed by atoms with Gasteiger partial charge in [0.2, 0.25) is 5.89 Å². The second-order valence-corrected chi connectivity index (χ2v) is 6.42. The first kappa shape index (κ1) is 17.4. The molecule has 1 aromatic heterocycles. The molecule has 0 aliphatic heterocycles. The summed E-state index contributed by atoms with van der Waals surface area (Å²) in [4.78, 5) is 4.45. The Kier molecular flexibility index (Phi) is 5.61. The van der Waals surface area contributed by atoms with E-state index in [9.17, 15) is 0 Å². The molecule has 0 fully saturated rings. The Morgan fingerprint density at radius 3 is 2.84 bits per heavy atom. The molecule has 5 heteroatoms. The van der Waals surface area contributed by atoms with Crippen LogP contribution in [-0.2, 0) is 0 Å². The summed E-state index contributed by atoms with van der Waals surface area (Å²) in [6.45, 7) is 2.54. The van der Waals surface area contributed by atoms with Crippen molar-refractivity contribution in [2.75, 3.05) is 13.7 Å². The number of halogens is 1. The molecule has 1 atom stereocenters. The minimum Gasteiger partial charge on any atom is -0.497 e. The minimum absolute atomic E-state index is 0.0967. The number of alkyl halides is 1. The van der Waals surface area contributed by atoms with Crippen LogP contribution in [0.5, 0.6) is 11.5 Å². The van der Waals surface area contributed by atoms with E-state index in [4.69, 9.17) is 25.5 Å². The number of nitrogens with zero attached hydrogens (tertiary/aromatic N) is 1. The van der Waals surface area contributed by atoms with Gasteiger partial charge in [0, 0.05) is 23.1 Å². The van der Waals surface area contributed by atoms with Crippen molar-refractivity contribution in [3.63, 3.8) is 0 Å². The molecule has 0 saturated heterocycles. The highest BCUT2D eigenvalue weighted by atomic mass is 35.5. The average molecular weight is 358 g/mol. The van der Waals surface area contributed by atoms with Gasteiger partial charge < -0.3 is 13.9 Å². The summed E-state index contributed by atoms with van der Waals surface area (Å²) in [7, 11) is 1.63. The molecule has 130 valence electrons. The topological polar surface area (TPSA) is 44.5 Å². The zero-order chi connectivity index (χ0) is 17.6. The standard InChI is InChI=1S/C20H20ClNO3/c1-14(21)11-12-24-18-6-4-3-5-15(18)7-10-20-22-17-9-8-16(23-2)13-19(17)25-20/h3-10,13-14H,11-12H2,1-2H3/b10-7+. The molecule has 1 heterocycles. The predicted molar refractivity (Wildman–Crippen MR) is 101 cm³/mol. The van der Waals surface area contributed by atoms with Crippen molar-refractivity contribution in [2.45, 2.75) is 18.7 Å². The highest BCUT2D eigenvalue weighted by molar-refractivity contribution is 6.20. The summed E-state index contributed by atoms with van der Waals surface area (Å²) >= 11 is 5.96. The van der Waals surface area contributed by atoms with Gasteiger partial charge in [-0.3, -0.25) is 0 Å². The molecule has 0 bridgehead atoms. The number of para-hydroxylation sites is 1. The minimum atomic E-state index is 0.0967. The quantitative estimate of drug-likeness (QED) is 0.531. The second kappa shape index (κ2) is 8.08. The highest BCUT2D eigenvalue weighted by Gasteiger charge is 2.06. The van der Waals surface area contributed by atoms with Gasteiger partial charge in [0.15, 0.2) is 5.58 Å². The van der Waals surface area contributed by atoms with E-state index in [-0.39, 0.29) is 5.38 Å². The number of oxazole rings is 1. The van der Waals surface area contributed by atoms with Crippen molar-refractivity contribution in [3.05, 3.63) is 53.9 Å². The third-order valence-corrected chi connectivity index (χ3v) is 3.93. The van der Waals surface area contributed by atoms with Gasteiger partial charge in [0.25, 0.3) is 0 Å². The molecule has 0 amide bonds. The molecule has 4 nitrogen and oxygen atoms in total. The van der Waals surface area contributed by atoms with Crippen LogP contribution in [0.25, 0.3) is 23.3 Å². The predicted octanol–water partition coefficient (Wildman–Crippen LogP) is 5.40. The van der Waals surface area contributed by atoms with Crippen molar-refractivity contribution >= 4 is 34.9 Å². The molecule has 0 saturated carbocycles. The molecule has 0 aliphatic rings. The number of hydrogen-bond acceptors (Lipinski definition) is 4. The lowest BCUT2D eigenvalue weighted by atomic mass is 10.2. The maximum absolute atomic E-state index is 5.96. The maximum atomic E-state index is 5.96. The van der Waals surface area contributed by atoms with E-state index in [1.165, 1.54) is 0 Å². The lowest BCUT2D eigenvalue weighted by Gasteiger charge is -2.09. The monoisotopic (exact) mass is 357 g/mol. The summed E-state index contributed by atoms with van der Waals surface area (Å²) in [5, 5.41) is 0.0967. The Morgan fingerprint density at radius 1 is 1.20 bits per heavy atom. The normalized spacial score (nSPS) is 12.6. The molecule has 1 unspecified atom stereocenters. The van der Waals surface area contributed by atoms with Crippen molar-refractivity contribution in [2.24, 2.45) is 0 Å². The van der Waals surface area contributed by atoms with Crippen LogP contribution in [0, 0.1) is 0 Å².